The summed E-state index contributed by atoms with van der Waals surface area (Å²) in [5, 5.41) is 7.06. The number of rotatable bonds is 7. The van der Waals surface area contributed by atoms with Gasteiger partial charge in [-0.25, -0.2) is 18.4 Å². The van der Waals surface area contributed by atoms with Gasteiger partial charge in [-0.1, -0.05) is 30.8 Å². The topological polar surface area (TPSA) is 98.3 Å². The van der Waals surface area contributed by atoms with E-state index in [2.05, 4.69) is 26.9 Å². The molecule has 8 nitrogen and oxygen atoms in total. The quantitative estimate of drug-likeness (QED) is 0.471. The Bertz CT molecular complexity index is 1290. The minimum Gasteiger partial charge on any atom is -0.383 e. The lowest BCUT2D eigenvalue weighted by Gasteiger charge is -2.28. The van der Waals surface area contributed by atoms with Crippen molar-refractivity contribution in [2.75, 3.05) is 36.9 Å². The van der Waals surface area contributed by atoms with Crippen molar-refractivity contribution in [1.29, 1.82) is 0 Å². The number of morpholine rings is 1. The van der Waals surface area contributed by atoms with Crippen LogP contribution >= 0.6 is 0 Å². The number of alkyl halides is 2. The molecule has 0 unspecified atom stereocenters. The lowest BCUT2D eigenvalue weighted by molar-refractivity contribution is -0.0448. The van der Waals surface area contributed by atoms with E-state index in [1.165, 1.54) is 10.9 Å². The molecule has 1 saturated carbocycles. The summed E-state index contributed by atoms with van der Waals surface area (Å²) < 4.78 is 34.0. The van der Waals surface area contributed by atoms with Crippen LogP contribution in [-0.2, 0) is 11.2 Å². The lowest BCUT2D eigenvalue weighted by atomic mass is 9.92. The van der Waals surface area contributed by atoms with Crippen molar-refractivity contribution in [3.8, 4) is 11.1 Å². The van der Waals surface area contributed by atoms with Crippen molar-refractivity contribution in [2.24, 2.45) is 0 Å². The molecule has 0 bridgehead atoms. The van der Waals surface area contributed by atoms with E-state index < -0.39 is 11.8 Å². The zero-order valence-corrected chi connectivity index (χ0v) is 21.2. The highest BCUT2D eigenvalue weighted by molar-refractivity contribution is 5.99. The predicted molar refractivity (Wildman–Crippen MR) is 142 cm³/mol. The summed E-state index contributed by atoms with van der Waals surface area (Å²) >= 11 is 0. The molecule has 200 valence electrons. The number of benzene rings is 1. The van der Waals surface area contributed by atoms with Crippen LogP contribution < -0.4 is 16.0 Å². The van der Waals surface area contributed by atoms with E-state index in [0.29, 0.717) is 25.3 Å². The number of hydrogen-bond donors (Lipinski definition) is 2. The summed E-state index contributed by atoms with van der Waals surface area (Å²) in [7, 11) is 0. The Morgan fingerprint density at radius 3 is 2.58 bits per heavy atom. The van der Waals surface area contributed by atoms with Crippen LogP contribution in [-0.4, -0.2) is 52.9 Å². The molecule has 1 saturated heterocycles. The predicted octanol–water partition coefficient (Wildman–Crippen LogP) is 4.60. The number of anilines is 2. The Labute approximate surface area is 220 Å². The van der Waals surface area contributed by atoms with Crippen LogP contribution in [0.4, 0.5) is 20.4 Å². The summed E-state index contributed by atoms with van der Waals surface area (Å²) in [6.45, 7) is 7.10. The summed E-state index contributed by atoms with van der Waals surface area (Å²) in [5.74, 6) is -1.97. The highest BCUT2D eigenvalue weighted by Gasteiger charge is 2.36. The molecular weight excluding hydrogens is 490 g/mol. The van der Waals surface area contributed by atoms with Gasteiger partial charge in [0.2, 0.25) is 5.92 Å². The maximum atomic E-state index is 13.5. The van der Waals surface area contributed by atoms with Gasteiger partial charge in [0.25, 0.3) is 5.91 Å². The number of nitrogen functional groups attached to an aromatic ring is 1. The molecule has 10 heteroatoms. The highest BCUT2D eigenvalue weighted by Crippen LogP contribution is 2.39. The maximum absolute atomic E-state index is 13.5. The third kappa shape index (κ3) is 5.70. The first-order chi connectivity index (χ1) is 18.3. The van der Waals surface area contributed by atoms with Gasteiger partial charge in [0.1, 0.15) is 17.2 Å². The van der Waals surface area contributed by atoms with E-state index >= 15 is 0 Å². The van der Waals surface area contributed by atoms with E-state index in [1.54, 1.807) is 0 Å². The number of hydrogen-bond acceptors (Lipinski definition) is 6. The summed E-state index contributed by atoms with van der Waals surface area (Å²) in [4.78, 5) is 19.8. The first-order valence-corrected chi connectivity index (χ1v) is 12.9. The molecule has 1 aromatic carbocycles. The Balaban J connectivity index is 1.24. The van der Waals surface area contributed by atoms with Crippen molar-refractivity contribution < 1.29 is 18.3 Å². The molecule has 2 fully saturated rings. The molecule has 0 atom stereocenters. The number of halogens is 2. The second-order valence-electron chi connectivity index (χ2n) is 9.87. The van der Waals surface area contributed by atoms with Crippen molar-refractivity contribution in [2.45, 2.75) is 44.1 Å². The van der Waals surface area contributed by atoms with Crippen molar-refractivity contribution in [1.82, 2.24) is 20.1 Å². The van der Waals surface area contributed by atoms with Gasteiger partial charge in [-0.2, -0.15) is 5.10 Å². The molecule has 2 aromatic heterocycles. The SMILES string of the molecule is C=C(Cc1ccccc1-c1ccc(N2CCOCC2)nc1)NC(=O)c1cnn(C2CCC(F)(F)CC2)c1N. The van der Waals surface area contributed by atoms with E-state index in [4.69, 9.17) is 10.5 Å². The molecule has 38 heavy (non-hydrogen) atoms. The van der Waals surface area contributed by atoms with Crippen molar-refractivity contribution in [3.05, 3.63) is 72.2 Å². The van der Waals surface area contributed by atoms with Gasteiger partial charge in [0.05, 0.1) is 25.5 Å². The number of ether oxygens (including phenoxy) is 1. The number of nitrogens with zero attached hydrogens (tertiary/aromatic N) is 4. The fourth-order valence-corrected chi connectivity index (χ4v) is 5.09. The third-order valence-corrected chi connectivity index (χ3v) is 7.22. The molecule has 2 aliphatic rings. The molecule has 3 N–H and O–H groups in total. The largest absolute Gasteiger partial charge is 0.383 e. The number of pyridine rings is 1. The highest BCUT2D eigenvalue weighted by atomic mass is 19.3. The average molecular weight is 523 g/mol. The average Bonchev–Trinajstić information content (AvgIpc) is 3.31. The fourth-order valence-electron chi connectivity index (χ4n) is 5.09. The van der Waals surface area contributed by atoms with Crippen LogP contribution in [0.3, 0.4) is 0 Å². The Kier molecular flexibility index (Phi) is 7.42. The number of carbonyl (C=O) groups is 1. The maximum Gasteiger partial charge on any atom is 0.260 e. The normalized spacial score (nSPS) is 17.8. The zero-order chi connectivity index (χ0) is 26.7. The van der Waals surface area contributed by atoms with Crippen molar-refractivity contribution in [3.63, 3.8) is 0 Å². The molecule has 1 amide bonds. The monoisotopic (exact) mass is 522 g/mol. The first kappa shape index (κ1) is 25.8. The lowest BCUT2D eigenvalue weighted by Crippen LogP contribution is -2.36. The minimum absolute atomic E-state index is 0.178. The van der Waals surface area contributed by atoms with Crippen LogP contribution in [0, 0.1) is 0 Å². The Morgan fingerprint density at radius 2 is 1.87 bits per heavy atom. The van der Waals surface area contributed by atoms with Crippen LogP contribution in [0.15, 0.2) is 61.1 Å². The van der Waals surface area contributed by atoms with E-state index in [-0.39, 0.29) is 43.1 Å². The van der Waals surface area contributed by atoms with Crippen LogP contribution in [0.5, 0.6) is 0 Å². The van der Waals surface area contributed by atoms with Gasteiger partial charge < -0.3 is 20.7 Å². The number of allylic oxidation sites excluding steroid dienone is 1. The van der Waals surface area contributed by atoms with E-state index in [9.17, 15) is 13.6 Å². The van der Waals surface area contributed by atoms with Gasteiger partial charge in [0, 0.05) is 49.8 Å². The number of carbonyl (C=O) groups excluding carboxylic acids is 1. The minimum atomic E-state index is -2.65. The molecule has 1 aliphatic heterocycles. The van der Waals surface area contributed by atoms with Crippen LogP contribution in [0.25, 0.3) is 11.1 Å². The first-order valence-electron chi connectivity index (χ1n) is 12.9. The second-order valence-corrected chi connectivity index (χ2v) is 9.87. The van der Waals surface area contributed by atoms with Gasteiger partial charge in [-0.3, -0.25) is 4.79 Å². The van der Waals surface area contributed by atoms with Gasteiger partial charge in [0.15, 0.2) is 0 Å². The van der Waals surface area contributed by atoms with E-state index in [1.807, 2.05) is 42.6 Å². The molecule has 0 spiro atoms. The second kappa shape index (κ2) is 10.9. The van der Waals surface area contributed by atoms with Gasteiger partial charge in [-0.05, 0) is 36.1 Å². The summed E-state index contributed by atoms with van der Waals surface area (Å²) in [6, 6.07) is 11.7. The standard InChI is InChI=1S/C28H32F2N6O2/c1-19(34-27(37)24-18-33-36(26(24)31)22-8-10-28(29,30)11-9-22)16-20-4-2-3-5-23(20)21-6-7-25(32-17-21)35-12-14-38-15-13-35/h2-7,17-18,22H,1,8-16,31H2,(H,34,37). The summed E-state index contributed by atoms with van der Waals surface area (Å²) in [6.07, 6.45) is 3.79. The Hall–Kier alpha value is -3.79. The molecule has 3 heterocycles. The molecule has 0 radical (unpaired) electrons. The number of nitrogens with two attached hydrogens (primary N) is 1. The fraction of sp³-hybridized carbons (Fsp3) is 0.393. The van der Waals surface area contributed by atoms with E-state index in [0.717, 1.165) is 35.6 Å². The van der Waals surface area contributed by atoms with Crippen LogP contribution in [0.2, 0.25) is 0 Å². The zero-order valence-electron chi connectivity index (χ0n) is 21.2. The van der Waals surface area contributed by atoms with Crippen molar-refractivity contribution >= 4 is 17.5 Å². The van der Waals surface area contributed by atoms with Gasteiger partial charge in [-0.15, -0.1) is 0 Å². The van der Waals surface area contributed by atoms with Crippen LogP contribution in [0.1, 0.15) is 47.6 Å². The molecular formula is C28H32F2N6O2. The van der Waals surface area contributed by atoms with Gasteiger partial charge >= 0.3 is 0 Å². The molecule has 1 aliphatic carbocycles. The molecule has 5 rings (SSSR count). The number of aromatic nitrogens is 3. The summed E-state index contributed by atoms with van der Waals surface area (Å²) in [5.41, 5.74) is 9.88. The number of amides is 1. The third-order valence-electron chi connectivity index (χ3n) is 7.22. The smallest absolute Gasteiger partial charge is 0.260 e. The molecule has 3 aromatic rings. The number of nitrogens with one attached hydrogen (secondary N) is 1. The Morgan fingerprint density at radius 1 is 1.13 bits per heavy atom.